The van der Waals surface area contributed by atoms with Crippen LogP contribution in [0.5, 0.6) is 0 Å². The van der Waals surface area contributed by atoms with E-state index in [9.17, 15) is 4.21 Å². The van der Waals surface area contributed by atoms with Crippen LogP contribution in [-0.2, 0) is 11.2 Å². The van der Waals surface area contributed by atoms with Crippen molar-refractivity contribution in [3.63, 3.8) is 0 Å². The summed E-state index contributed by atoms with van der Waals surface area (Å²) >= 11 is 0.414. The second-order valence-corrected chi connectivity index (χ2v) is 7.06. The molecule has 1 aromatic rings. The molecule has 1 saturated heterocycles. The predicted molar refractivity (Wildman–Crippen MR) is 86.3 cm³/mol. The van der Waals surface area contributed by atoms with Gasteiger partial charge in [0, 0.05) is 36.3 Å². The van der Waals surface area contributed by atoms with Crippen LogP contribution in [0.25, 0.3) is 0 Å². The van der Waals surface area contributed by atoms with E-state index in [1.165, 1.54) is 11.3 Å². The van der Waals surface area contributed by atoms with Crippen molar-refractivity contribution in [2.24, 2.45) is 4.99 Å². The molecule has 2 N–H and O–H groups in total. The third-order valence-corrected chi connectivity index (χ3v) is 5.45. The van der Waals surface area contributed by atoms with Gasteiger partial charge in [0.05, 0.1) is 6.54 Å². The molecule has 1 fully saturated rings. The van der Waals surface area contributed by atoms with Gasteiger partial charge in [0.25, 0.3) is 0 Å². The molecule has 0 saturated carbocycles. The summed E-state index contributed by atoms with van der Waals surface area (Å²) in [7, 11) is 1.69. The van der Waals surface area contributed by atoms with E-state index in [4.69, 9.17) is 4.99 Å². The van der Waals surface area contributed by atoms with Crippen LogP contribution >= 0.6 is 11.3 Å². The molecule has 8 heteroatoms. The molecule has 3 heterocycles. The van der Waals surface area contributed by atoms with Crippen LogP contribution in [0.3, 0.4) is 0 Å². The maximum absolute atomic E-state index is 11.6. The van der Waals surface area contributed by atoms with Gasteiger partial charge in [-0.1, -0.05) is 6.92 Å². The van der Waals surface area contributed by atoms with Crippen molar-refractivity contribution in [3.8, 4) is 0 Å². The highest BCUT2D eigenvalue weighted by Gasteiger charge is 2.35. The van der Waals surface area contributed by atoms with Crippen LogP contribution in [-0.4, -0.2) is 46.1 Å². The van der Waals surface area contributed by atoms with Gasteiger partial charge in [-0.15, -0.1) is 11.3 Å². The summed E-state index contributed by atoms with van der Waals surface area (Å²) in [5.74, 6) is 0.955. The highest BCUT2D eigenvalue weighted by Crippen LogP contribution is 2.32. The zero-order chi connectivity index (χ0) is 14.8. The van der Waals surface area contributed by atoms with Gasteiger partial charge in [0.15, 0.2) is 22.0 Å². The molecular formula is C13H19N5OS2. The molecule has 6 nitrogen and oxygen atoms in total. The average molecular weight is 325 g/mol. The summed E-state index contributed by atoms with van der Waals surface area (Å²) < 4.78 is 17.5. The molecule has 2 unspecified atom stereocenters. The van der Waals surface area contributed by atoms with Crippen molar-refractivity contribution in [1.29, 1.82) is 0 Å². The number of amidine groups is 1. The standard InChI is InChI=1S/C13H19N5OS2/c1-3-9-7-16-12(13-15-4-5-20-13)18-8-10(6-11(9)18)17-21(19)14-2/h4-5,10,14,17H,3,6-8H2,1-2H3. The van der Waals surface area contributed by atoms with Crippen molar-refractivity contribution in [3.05, 3.63) is 27.9 Å². The van der Waals surface area contributed by atoms with Crippen molar-refractivity contribution in [2.45, 2.75) is 25.8 Å². The Morgan fingerprint density at radius 1 is 1.57 bits per heavy atom. The van der Waals surface area contributed by atoms with E-state index < -0.39 is 11.2 Å². The lowest BCUT2D eigenvalue weighted by molar-refractivity contribution is 0.530. The lowest BCUT2D eigenvalue weighted by Crippen LogP contribution is -2.39. The molecule has 0 bridgehead atoms. The summed E-state index contributed by atoms with van der Waals surface area (Å²) in [4.78, 5) is 11.3. The lowest BCUT2D eigenvalue weighted by Gasteiger charge is -2.27. The molecule has 2 aliphatic rings. The molecule has 2 aliphatic heterocycles. The maximum atomic E-state index is 11.6. The van der Waals surface area contributed by atoms with Gasteiger partial charge >= 0.3 is 0 Å². The molecule has 0 amide bonds. The monoisotopic (exact) mass is 325 g/mol. The highest BCUT2D eigenvalue weighted by atomic mass is 32.2. The topological polar surface area (TPSA) is 69.6 Å². The number of thiazole rings is 1. The number of nitrogens with zero attached hydrogens (tertiary/aromatic N) is 3. The van der Waals surface area contributed by atoms with E-state index in [1.807, 2.05) is 11.6 Å². The predicted octanol–water partition coefficient (Wildman–Crippen LogP) is 1.03. The molecule has 0 aliphatic carbocycles. The fourth-order valence-corrected chi connectivity index (χ4v) is 3.99. The fourth-order valence-electron chi connectivity index (χ4n) is 2.76. The van der Waals surface area contributed by atoms with Gasteiger partial charge < -0.3 is 4.90 Å². The quantitative estimate of drug-likeness (QED) is 0.849. The van der Waals surface area contributed by atoms with Gasteiger partial charge in [-0.25, -0.2) is 18.6 Å². The number of fused-ring (bicyclic) bond motifs is 1. The molecular weight excluding hydrogens is 306 g/mol. The minimum Gasteiger partial charge on any atom is -0.326 e. The van der Waals surface area contributed by atoms with E-state index in [0.29, 0.717) is 0 Å². The Hall–Kier alpha value is -1.09. The van der Waals surface area contributed by atoms with Crippen LogP contribution in [0.1, 0.15) is 24.8 Å². The summed E-state index contributed by atoms with van der Waals surface area (Å²) in [5.41, 5.74) is 2.69. The lowest BCUT2D eigenvalue weighted by atomic mass is 10.1. The van der Waals surface area contributed by atoms with Crippen LogP contribution in [0.15, 0.2) is 27.8 Å². The number of hydrogen-bond donors (Lipinski definition) is 2. The number of rotatable bonds is 5. The number of aliphatic imine (C=N–C) groups is 1. The Balaban J connectivity index is 1.85. The first-order valence-corrected chi connectivity index (χ1v) is 9.04. The first kappa shape index (κ1) is 14.8. The van der Waals surface area contributed by atoms with E-state index in [1.54, 1.807) is 18.4 Å². The van der Waals surface area contributed by atoms with Crippen LogP contribution in [0, 0.1) is 0 Å². The maximum Gasteiger partial charge on any atom is 0.167 e. The molecule has 21 heavy (non-hydrogen) atoms. The van der Waals surface area contributed by atoms with E-state index in [2.05, 4.69) is 26.3 Å². The summed E-state index contributed by atoms with van der Waals surface area (Å²) in [6, 6.07) is 0.165. The second-order valence-electron chi connectivity index (χ2n) is 4.98. The molecule has 2 atom stereocenters. The van der Waals surface area contributed by atoms with E-state index >= 15 is 0 Å². The largest absolute Gasteiger partial charge is 0.326 e. The summed E-state index contributed by atoms with van der Waals surface area (Å²) in [6.07, 6.45) is 3.70. The Morgan fingerprint density at radius 3 is 3.10 bits per heavy atom. The Labute approximate surface area is 131 Å². The van der Waals surface area contributed by atoms with Gasteiger partial charge in [-0.3, -0.25) is 4.99 Å². The average Bonchev–Trinajstić information content (AvgIpc) is 3.15. The number of nitrogens with one attached hydrogen (secondary N) is 2. The van der Waals surface area contributed by atoms with Crippen molar-refractivity contribution in [2.75, 3.05) is 20.1 Å². The van der Waals surface area contributed by atoms with Crippen LogP contribution < -0.4 is 9.44 Å². The first-order valence-electron chi connectivity index (χ1n) is 7.01. The van der Waals surface area contributed by atoms with Crippen LogP contribution in [0.2, 0.25) is 0 Å². The van der Waals surface area contributed by atoms with Crippen molar-refractivity contribution < 1.29 is 4.21 Å². The third-order valence-electron chi connectivity index (χ3n) is 3.76. The van der Waals surface area contributed by atoms with E-state index in [-0.39, 0.29) is 6.04 Å². The Morgan fingerprint density at radius 2 is 2.43 bits per heavy atom. The van der Waals surface area contributed by atoms with Gasteiger partial charge in [0.1, 0.15) is 0 Å². The molecule has 0 aromatic carbocycles. The smallest absolute Gasteiger partial charge is 0.167 e. The highest BCUT2D eigenvalue weighted by molar-refractivity contribution is 7.81. The molecule has 0 spiro atoms. The van der Waals surface area contributed by atoms with Gasteiger partial charge in [-0.2, -0.15) is 0 Å². The first-order chi connectivity index (χ1) is 10.2. The van der Waals surface area contributed by atoms with Crippen molar-refractivity contribution in [1.82, 2.24) is 19.3 Å². The minimum absolute atomic E-state index is 0.165. The Bertz CT molecular complexity index is 596. The second kappa shape index (κ2) is 6.35. The van der Waals surface area contributed by atoms with Gasteiger partial charge in [0.2, 0.25) is 0 Å². The zero-order valence-electron chi connectivity index (χ0n) is 12.1. The third kappa shape index (κ3) is 2.94. The summed E-state index contributed by atoms with van der Waals surface area (Å²) in [6.45, 7) is 3.70. The summed E-state index contributed by atoms with van der Waals surface area (Å²) in [5, 5.41) is 2.93. The Kier molecular flexibility index (Phi) is 4.48. The molecule has 3 rings (SSSR count). The van der Waals surface area contributed by atoms with Crippen molar-refractivity contribution >= 4 is 28.3 Å². The van der Waals surface area contributed by atoms with E-state index in [0.717, 1.165) is 36.8 Å². The molecule has 114 valence electrons. The fraction of sp³-hybridized carbons (Fsp3) is 0.538. The number of aromatic nitrogens is 1. The number of hydrogen-bond acceptors (Lipinski definition) is 5. The minimum atomic E-state index is -1.19. The van der Waals surface area contributed by atoms with Gasteiger partial charge in [-0.05, 0) is 19.0 Å². The SMILES string of the molecule is CCC1=C2CC(NS(=O)NC)CN2C(c2nccs2)=NC1. The molecule has 0 radical (unpaired) electrons. The molecule has 1 aromatic heterocycles. The normalized spacial score (nSPS) is 23.2. The van der Waals surface area contributed by atoms with Crippen LogP contribution in [0.4, 0.5) is 0 Å². The zero-order valence-corrected chi connectivity index (χ0v) is 13.8.